The average molecular weight is 478 g/mol. The van der Waals surface area contributed by atoms with Crippen LogP contribution in [0.3, 0.4) is 0 Å². The summed E-state index contributed by atoms with van der Waals surface area (Å²) in [5.41, 5.74) is 9.27. The number of amides is 2. The maximum Gasteiger partial charge on any atom is 0.329 e. The highest BCUT2D eigenvalue weighted by Crippen LogP contribution is 2.16. The van der Waals surface area contributed by atoms with Gasteiger partial charge in [0.15, 0.2) is 10.2 Å². The van der Waals surface area contributed by atoms with Crippen LogP contribution in [0.15, 0.2) is 48.5 Å². The Morgan fingerprint density at radius 2 is 0.938 bits per heavy atom. The summed E-state index contributed by atoms with van der Waals surface area (Å²) in [5, 5.41) is 26.4. The monoisotopic (exact) mass is 478 g/mol. The first kappa shape index (κ1) is 23.8. The van der Waals surface area contributed by atoms with Crippen molar-refractivity contribution in [3.8, 4) is 0 Å². The molecule has 0 aromatic heterocycles. The van der Waals surface area contributed by atoms with Crippen LogP contribution in [-0.4, -0.2) is 31.9 Å². The molecular weight excluding hydrogens is 464 g/mol. The molecule has 16 heteroatoms. The van der Waals surface area contributed by atoms with Crippen molar-refractivity contribution < 1.29 is 19.4 Å². The summed E-state index contributed by atoms with van der Waals surface area (Å²) in [6, 6.07) is 10.7. The molecule has 0 aliphatic carbocycles. The Morgan fingerprint density at radius 3 is 1.22 bits per heavy atom. The number of carbonyl (C=O) groups excluding carboxylic acids is 2. The predicted molar refractivity (Wildman–Crippen MR) is 121 cm³/mol. The molecule has 32 heavy (non-hydrogen) atoms. The highest BCUT2D eigenvalue weighted by molar-refractivity contribution is 7.80. The zero-order valence-corrected chi connectivity index (χ0v) is 17.4. The van der Waals surface area contributed by atoms with Crippen molar-refractivity contribution >= 4 is 69.2 Å². The highest BCUT2D eigenvalue weighted by atomic mass is 32.1. The van der Waals surface area contributed by atoms with Gasteiger partial charge < -0.3 is 10.6 Å². The third kappa shape index (κ3) is 7.43. The predicted octanol–water partition coefficient (Wildman–Crippen LogP) is 0.838. The lowest BCUT2D eigenvalue weighted by Crippen LogP contribution is -2.53. The summed E-state index contributed by atoms with van der Waals surface area (Å²) in [7, 11) is 0. The SMILES string of the molecule is O=C(NNC(=S)Nc1ccc([N+](=O)[O-])cc1)C(=O)NNC(=S)Nc1ccc([N+](=O)[O-])cc1. The Morgan fingerprint density at radius 1 is 0.625 bits per heavy atom. The normalized spacial score (nSPS) is 9.62. The number of nitro benzene ring substituents is 2. The average Bonchev–Trinajstić information content (AvgIpc) is 2.76. The number of nitrogens with zero attached hydrogens (tertiary/aromatic N) is 2. The van der Waals surface area contributed by atoms with E-state index in [0.29, 0.717) is 11.4 Å². The number of anilines is 2. The lowest BCUT2D eigenvalue weighted by atomic mass is 10.3. The first-order chi connectivity index (χ1) is 15.2. The van der Waals surface area contributed by atoms with Crippen LogP contribution in [0.5, 0.6) is 0 Å². The van der Waals surface area contributed by atoms with Gasteiger partial charge in [-0.2, -0.15) is 0 Å². The molecular formula is C16H14N8O6S2. The topological polar surface area (TPSA) is 193 Å². The molecule has 0 radical (unpaired) electrons. The van der Waals surface area contributed by atoms with E-state index in [2.05, 4.69) is 21.5 Å². The number of hydrogen-bond acceptors (Lipinski definition) is 8. The number of carbonyl (C=O) groups is 2. The van der Waals surface area contributed by atoms with Gasteiger partial charge in [-0.3, -0.25) is 51.5 Å². The van der Waals surface area contributed by atoms with Crippen LogP contribution >= 0.6 is 24.4 Å². The van der Waals surface area contributed by atoms with Crippen LogP contribution in [0.2, 0.25) is 0 Å². The van der Waals surface area contributed by atoms with Gasteiger partial charge in [0.05, 0.1) is 9.85 Å². The van der Waals surface area contributed by atoms with Crippen LogP contribution in [-0.2, 0) is 9.59 Å². The summed E-state index contributed by atoms with van der Waals surface area (Å²) < 4.78 is 0. The lowest BCUT2D eigenvalue weighted by molar-refractivity contribution is -0.385. The minimum Gasteiger partial charge on any atom is -0.331 e. The number of nitro groups is 2. The van der Waals surface area contributed by atoms with E-state index in [4.69, 9.17) is 24.4 Å². The van der Waals surface area contributed by atoms with Gasteiger partial charge in [0, 0.05) is 35.6 Å². The van der Waals surface area contributed by atoms with E-state index in [9.17, 15) is 29.8 Å². The zero-order chi connectivity index (χ0) is 23.7. The molecule has 0 unspecified atom stereocenters. The maximum absolute atomic E-state index is 11.8. The maximum atomic E-state index is 11.8. The fourth-order valence-corrected chi connectivity index (χ4v) is 2.34. The summed E-state index contributed by atoms with van der Waals surface area (Å²) in [6.45, 7) is 0. The van der Waals surface area contributed by atoms with E-state index in [1.54, 1.807) is 0 Å². The second-order valence-electron chi connectivity index (χ2n) is 5.67. The van der Waals surface area contributed by atoms with Crippen LogP contribution < -0.4 is 32.3 Å². The van der Waals surface area contributed by atoms with Gasteiger partial charge in [-0.05, 0) is 48.7 Å². The third-order valence-corrected chi connectivity index (χ3v) is 3.87. The summed E-state index contributed by atoms with van der Waals surface area (Å²) in [6.07, 6.45) is 0. The Labute approximate surface area is 190 Å². The van der Waals surface area contributed by atoms with Crippen molar-refractivity contribution in [2.24, 2.45) is 0 Å². The van der Waals surface area contributed by atoms with Crippen LogP contribution in [0, 0.1) is 20.2 Å². The van der Waals surface area contributed by atoms with E-state index in [1.807, 2.05) is 10.9 Å². The highest BCUT2D eigenvalue weighted by Gasteiger charge is 2.14. The molecule has 6 N–H and O–H groups in total. The minimum atomic E-state index is -1.11. The fraction of sp³-hybridized carbons (Fsp3) is 0. The molecule has 14 nitrogen and oxygen atoms in total. The molecule has 2 aromatic carbocycles. The number of hydrazine groups is 2. The Hall–Kier alpha value is -4.44. The van der Waals surface area contributed by atoms with E-state index in [-0.39, 0.29) is 21.6 Å². The minimum absolute atomic E-state index is 0.0803. The standard InChI is InChI=1S/C16H14N8O6S2/c25-13(19-21-15(31)17-9-1-5-11(6-2-9)23(27)28)14(26)20-22-16(32)18-10-3-7-12(8-4-10)24(29)30/h1-8H,(H,19,25)(H,20,26)(H2,17,21,31)(H2,18,22,32). The molecule has 0 aliphatic rings. The molecule has 0 fully saturated rings. The summed E-state index contributed by atoms with van der Waals surface area (Å²) in [5.74, 6) is -2.22. The van der Waals surface area contributed by atoms with Crippen LogP contribution in [0.4, 0.5) is 22.7 Å². The number of nitrogens with one attached hydrogen (secondary N) is 6. The lowest BCUT2D eigenvalue weighted by Gasteiger charge is -2.13. The Balaban J connectivity index is 1.72. The molecule has 166 valence electrons. The molecule has 2 amide bonds. The van der Waals surface area contributed by atoms with Gasteiger partial charge in [-0.1, -0.05) is 0 Å². The molecule has 2 rings (SSSR count). The second kappa shape index (κ2) is 11.1. The molecule has 0 saturated carbocycles. The van der Waals surface area contributed by atoms with E-state index in [1.165, 1.54) is 48.5 Å². The van der Waals surface area contributed by atoms with Gasteiger partial charge >= 0.3 is 11.8 Å². The van der Waals surface area contributed by atoms with E-state index in [0.717, 1.165) is 0 Å². The number of non-ortho nitro benzene ring substituents is 2. The zero-order valence-electron chi connectivity index (χ0n) is 15.8. The molecule has 2 aromatic rings. The number of thiocarbonyl (C=S) groups is 2. The van der Waals surface area contributed by atoms with Crippen LogP contribution in [0.25, 0.3) is 0 Å². The smallest absolute Gasteiger partial charge is 0.329 e. The third-order valence-electron chi connectivity index (χ3n) is 3.46. The summed E-state index contributed by atoms with van der Waals surface area (Å²) in [4.78, 5) is 43.7. The number of hydrogen-bond donors (Lipinski definition) is 6. The first-order valence-corrected chi connectivity index (χ1v) is 9.20. The molecule has 0 bridgehead atoms. The van der Waals surface area contributed by atoms with Crippen molar-refractivity contribution in [2.75, 3.05) is 10.6 Å². The molecule has 0 saturated heterocycles. The number of benzene rings is 2. The first-order valence-electron chi connectivity index (χ1n) is 8.39. The van der Waals surface area contributed by atoms with Crippen molar-refractivity contribution in [1.29, 1.82) is 0 Å². The molecule has 0 atom stereocenters. The number of rotatable bonds is 4. The van der Waals surface area contributed by atoms with E-state index < -0.39 is 21.7 Å². The van der Waals surface area contributed by atoms with Crippen molar-refractivity contribution in [3.05, 3.63) is 68.8 Å². The van der Waals surface area contributed by atoms with Gasteiger partial charge in [-0.25, -0.2) is 0 Å². The van der Waals surface area contributed by atoms with Gasteiger partial charge in [0.25, 0.3) is 11.4 Å². The largest absolute Gasteiger partial charge is 0.331 e. The molecule has 0 heterocycles. The Bertz CT molecular complexity index is 976. The quantitative estimate of drug-likeness (QED) is 0.157. The molecule has 0 aliphatic heterocycles. The molecule has 0 spiro atoms. The second-order valence-corrected chi connectivity index (χ2v) is 6.49. The van der Waals surface area contributed by atoms with E-state index >= 15 is 0 Å². The summed E-state index contributed by atoms with van der Waals surface area (Å²) >= 11 is 9.88. The van der Waals surface area contributed by atoms with Gasteiger partial charge in [0.2, 0.25) is 0 Å². The Kier molecular flexibility index (Phi) is 8.26. The fourth-order valence-electron chi connectivity index (χ4n) is 2.00. The van der Waals surface area contributed by atoms with Crippen LogP contribution in [0.1, 0.15) is 0 Å². The van der Waals surface area contributed by atoms with Crippen molar-refractivity contribution in [2.45, 2.75) is 0 Å². The van der Waals surface area contributed by atoms with Crippen molar-refractivity contribution in [1.82, 2.24) is 21.7 Å². The van der Waals surface area contributed by atoms with Crippen molar-refractivity contribution in [3.63, 3.8) is 0 Å². The van der Waals surface area contributed by atoms with Gasteiger partial charge in [0.1, 0.15) is 0 Å². The van der Waals surface area contributed by atoms with Gasteiger partial charge in [-0.15, -0.1) is 0 Å².